The quantitative estimate of drug-likeness (QED) is 0.0895. The zero-order valence-corrected chi connectivity index (χ0v) is 30.8. The minimum Gasteiger partial charge on any atom is -0.497 e. The predicted octanol–water partition coefficient (Wildman–Crippen LogP) is 13.6. The first-order chi connectivity index (χ1) is 22.5. The lowest BCUT2D eigenvalue weighted by Gasteiger charge is -2.26. The van der Waals surface area contributed by atoms with E-state index >= 15 is 0 Å². The monoisotopic (exact) mass is 715 g/mol. The molecule has 0 radical (unpaired) electrons. The number of methoxy groups -OCH3 is 2. The summed E-state index contributed by atoms with van der Waals surface area (Å²) in [7, 11) is 3.41. The van der Waals surface area contributed by atoms with Gasteiger partial charge in [-0.3, -0.25) is 0 Å². The van der Waals surface area contributed by atoms with Gasteiger partial charge in [0.1, 0.15) is 11.5 Å². The van der Waals surface area contributed by atoms with E-state index in [9.17, 15) is 0 Å². The first-order valence-corrected chi connectivity index (χ1v) is 19.1. The van der Waals surface area contributed by atoms with Crippen molar-refractivity contribution in [3.63, 3.8) is 0 Å². The number of rotatable bonds is 17. The summed E-state index contributed by atoms with van der Waals surface area (Å²) in [6.07, 6.45) is 12.5. The average Bonchev–Trinajstić information content (AvgIpc) is 3.69. The number of thiophene rings is 2. The largest absolute Gasteiger partial charge is 0.497 e. The lowest BCUT2D eigenvalue weighted by Crippen LogP contribution is -2.09. The molecular weight excluding hydrogens is 670 g/mol. The normalized spacial score (nSPS) is 11.2. The molecule has 3 nitrogen and oxygen atoms in total. The number of aryl methyl sites for hydroxylation is 2. The molecule has 0 saturated carbocycles. The third kappa shape index (κ3) is 8.64. The summed E-state index contributed by atoms with van der Waals surface area (Å²) >= 11 is 7.67. The molecule has 0 fully saturated rings. The van der Waals surface area contributed by atoms with Crippen LogP contribution < -0.4 is 14.4 Å². The topological polar surface area (TPSA) is 21.7 Å². The molecule has 0 saturated heterocycles. The molecule has 0 N–H and O–H groups in total. The Morgan fingerprint density at radius 3 is 1.52 bits per heavy atom. The lowest BCUT2D eigenvalue weighted by molar-refractivity contribution is 0.415. The third-order valence-corrected chi connectivity index (χ3v) is 11.5. The highest BCUT2D eigenvalue weighted by atomic mass is 79.9. The predicted molar refractivity (Wildman–Crippen MR) is 204 cm³/mol. The Hall–Kier alpha value is -3.06. The third-order valence-electron chi connectivity index (χ3n) is 8.46. The smallest absolute Gasteiger partial charge is 0.119 e. The van der Waals surface area contributed by atoms with Crippen molar-refractivity contribution >= 4 is 55.7 Å². The van der Waals surface area contributed by atoms with Crippen molar-refractivity contribution in [2.75, 3.05) is 19.1 Å². The molecule has 6 heteroatoms. The van der Waals surface area contributed by atoms with E-state index in [1.807, 2.05) is 46.9 Å². The summed E-state index contributed by atoms with van der Waals surface area (Å²) in [6.45, 7) is 4.57. The van der Waals surface area contributed by atoms with Crippen LogP contribution in [0.25, 0.3) is 20.2 Å². The van der Waals surface area contributed by atoms with E-state index in [2.05, 4.69) is 95.3 Å². The fraction of sp³-hybridized carbons (Fsp3) is 0.350. The van der Waals surface area contributed by atoms with Crippen LogP contribution in [0.1, 0.15) is 76.3 Å². The van der Waals surface area contributed by atoms with Gasteiger partial charge in [-0.2, -0.15) is 0 Å². The number of hydrogen-bond donors (Lipinski definition) is 0. The van der Waals surface area contributed by atoms with Crippen molar-refractivity contribution in [2.45, 2.75) is 78.1 Å². The zero-order valence-electron chi connectivity index (χ0n) is 27.6. The number of hydrogen-bond acceptors (Lipinski definition) is 5. The Labute approximate surface area is 292 Å². The fourth-order valence-electron chi connectivity index (χ4n) is 5.92. The van der Waals surface area contributed by atoms with Crippen molar-refractivity contribution in [3.8, 4) is 31.7 Å². The number of ether oxygens (including phenoxy) is 2. The van der Waals surface area contributed by atoms with Crippen LogP contribution in [0.4, 0.5) is 17.1 Å². The van der Waals surface area contributed by atoms with Gasteiger partial charge in [0.25, 0.3) is 0 Å². The van der Waals surface area contributed by atoms with Crippen LogP contribution in [0.15, 0.2) is 88.7 Å². The van der Waals surface area contributed by atoms with E-state index in [4.69, 9.17) is 9.47 Å². The van der Waals surface area contributed by atoms with Gasteiger partial charge in [0.15, 0.2) is 0 Å². The Balaban J connectivity index is 1.49. The van der Waals surface area contributed by atoms with Gasteiger partial charge in [0.2, 0.25) is 0 Å². The minimum absolute atomic E-state index is 0.843. The molecule has 0 spiro atoms. The molecule has 46 heavy (non-hydrogen) atoms. The van der Waals surface area contributed by atoms with Crippen molar-refractivity contribution in [2.24, 2.45) is 0 Å². The van der Waals surface area contributed by atoms with Gasteiger partial charge in [-0.15, -0.1) is 22.7 Å². The number of nitrogens with zero attached hydrogens (tertiary/aromatic N) is 1. The van der Waals surface area contributed by atoms with Crippen LogP contribution >= 0.6 is 38.6 Å². The molecular formula is C40H46BrNO2S2. The number of unbranched alkanes of at least 4 members (excludes halogenated alkanes) is 6. The van der Waals surface area contributed by atoms with E-state index in [1.54, 1.807) is 14.2 Å². The standard InChI is InChI=1S/C40H46BrNO2S2/c1-5-7-9-11-13-30-27-37(40-31(28-38(41)46-40)14-12-10-8-6-2)45-39(30)29-15-17-32(18-16-29)42(33-19-23-35(43-3)24-20-33)34-21-25-36(44-4)26-22-34/h15-28H,5-14H2,1-4H3. The van der Waals surface area contributed by atoms with Crippen LogP contribution in [0, 0.1) is 0 Å². The van der Waals surface area contributed by atoms with Crippen molar-refractivity contribution in [3.05, 3.63) is 99.8 Å². The van der Waals surface area contributed by atoms with Crippen LogP contribution in [0.5, 0.6) is 11.5 Å². The van der Waals surface area contributed by atoms with Gasteiger partial charge in [-0.05, 0) is 131 Å². The van der Waals surface area contributed by atoms with E-state index < -0.39 is 0 Å². The maximum absolute atomic E-state index is 5.44. The van der Waals surface area contributed by atoms with Gasteiger partial charge in [-0.1, -0.05) is 64.5 Å². The van der Waals surface area contributed by atoms with E-state index in [1.165, 1.54) is 86.5 Å². The van der Waals surface area contributed by atoms with Crippen molar-refractivity contribution < 1.29 is 9.47 Å². The maximum Gasteiger partial charge on any atom is 0.119 e. The van der Waals surface area contributed by atoms with Crippen LogP contribution in [-0.4, -0.2) is 14.2 Å². The molecule has 0 atom stereocenters. The van der Waals surface area contributed by atoms with E-state index in [0.717, 1.165) is 41.4 Å². The second-order valence-corrected chi connectivity index (χ2v) is 15.3. The Bertz CT molecular complexity index is 1590. The highest BCUT2D eigenvalue weighted by Gasteiger charge is 2.19. The van der Waals surface area contributed by atoms with Gasteiger partial charge < -0.3 is 14.4 Å². The molecule has 0 aliphatic rings. The Morgan fingerprint density at radius 1 is 0.565 bits per heavy atom. The van der Waals surface area contributed by atoms with Gasteiger partial charge >= 0.3 is 0 Å². The maximum atomic E-state index is 5.44. The lowest BCUT2D eigenvalue weighted by atomic mass is 10.0. The molecule has 5 rings (SSSR count). The molecule has 0 amide bonds. The summed E-state index contributed by atoms with van der Waals surface area (Å²) in [6, 6.07) is 30.4. The van der Waals surface area contributed by atoms with Crippen LogP contribution in [0.3, 0.4) is 0 Å². The number of halogens is 1. The van der Waals surface area contributed by atoms with Crippen LogP contribution in [-0.2, 0) is 12.8 Å². The van der Waals surface area contributed by atoms with Crippen molar-refractivity contribution in [1.29, 1.82) is 0 Å². The summed E-state index contributed by atoms with van der Waals surface area (Å²) in [5.41, 5.74) is 7.51. The molecule has 0 bridgehead atoms. The summed E-state index contributed by atoms with van der Waals surface area (Å²) < 4.78 is 12.1. The zero-order chi connectivity index (χ0) is 32.3. The second-order valence-electron chi connectivity index (χ2n) is 11.8. The summed E-state index contributed by atoms with van der Waals surface area (Å²) in [5, 5.41) is 0. The van der Waals surface area contributed by atoms with Gasteiger partial charge in [0, 0.05) is 31.7 Å². The number of anilines is 3. The SMILES string of the molecule is CCCCCCc1cc(-c2sc(Br)cc2CCCCCC)sc1-c1ccc(N(c2ccc(OC)cc2)c2ccc(OC)cc2)cc1. The van der Waals surface area contributed by atoms with Gasteiger partial charge in [0.05, 0.1) is 18.0 Å². The molecule has 0 aliphatic heterocycles. The fourth-order valence-corrected chi connectivity index (χ4v) is 8.97. The van der Waals surface area contributed by atoms with Crippen molar-refractivity contribution in [1.82, 2.24) is 0 Å². The molecule has 3 aromatic carbocycles. The first kappa shape index (κ1) is 34.3. The van der Waals surface area contributed by atoms with Gasteiger partial charge in [-0.25, -0.2) is 0 Å². The average molecular weight is 717 g/mol. The summed E-state index contributed by atoms with van der Waals surface area (Å²) in [4.78, 5) is 6.53. The minimum atomic E-state index is 0.843. The van der Waals surface area contributed by atoms with E-state index in [-0.39, 0.29) is 0 Å². The molecule has 5 aromatic rings. The molecule has 0 unspecified atom stereocenters. The second kappa shape index (κ2) is 17.2. The van der Waals surface area contributed by atoms with Crippen LogP contribution in [0.2, 0.25) is 0 Å². The highest BCUT2D eigenvalue weighted by molar-refractivity contribution is 9.11. The molecule has 2 heterocycles. The molecule has 0 aliphatic carbocycles. The Morgan fingerprint density at radius 2 is 1.04 bits per heavy atom. The molecule has 242 valence electrons. The Kier molecular flexibility index (Phi) is 12.8. The number of benzene rings is 3. The molecule has 2 aromatic heterocycles. The first-order valence-electron chi connectivity index (χ1n) is 16.6. The highest BCUT2D eigenvalue weighted by Crippen LogP contribution is 2.45. The van der Waals surface area contributed by atoms with E-state index in [0.29, 0.717) is 0 Å². The summed E-state index contributed by atoms with van der Waals surface area (Å²) in [5.74, 6) is 1.69.